The maximum Gasteiger partial charge on any atom is 0.306 e. The van der Waals surface area contributed by atoms with Gasteiger partial charge in [-0.3, -0.25) is 4.79 Å². The first-order valence-corrected chi connectivity index (χ1v) is 14.6. The van der Waals surface area contributed by atoms with Crippen molar-refractivity contribution in [2.24, 2.45) is 5.92 Å². The topological polar surface area (TPSA) is 38.3 Å². The summed E-state index contributed by atoms with van der Waals surface area (Å²) in [4.78, 5) is 12.2. The number of piperidine rings is 1. The van der Waals surface area contributed by atoms with Crippen LogP contribution < -0.4 is 5.32 Å². The van der Waals surface area contributed by atoms with Gasteiger partial charge >= 0.3 is 5.97 Å². The third kappa shape index (κ3) is 17.3. The molecule has 3 nitrogen and oxygen atoms in total. The summed E-state index contributed by atoms with van der Waals surface area (Å²) in [6.45, 7) is 8.55. The fraction of sp³-hybridized carbons (Fsp3) is 0.900. The van der Waals surface area contributed by atoms with Crippen LogP contribution in [0.4, 0.5) is 0 Å². The lowest BCUT2D eigenvalue weighted by Crippen LogP contribution is -2.42. The van der Waals surface area contributed by atoms with Crippen LogP contribution >= 0.6 is 0 Å². The van der Waals surface area contributed by atoms with Gasteiger partial charge in [0.2, 0.25) is 0 Å². The Morgan fingerprint density at radius 1 is 0.758 bits per heavy atom. The van der Waals surface area contributed by atoms with Crippen molar-refractivity contribution in [2.45, 2.75) is 155 Å². The van der Waals surface area contributed by atoms with Crippen LogP contribution in [0.2, 0.25) is 0 Å². The van der Waals surface area contributed by atoms with Gasteiger partial charge in [0.05, 0.1) is 0 Å². The molecule has 0 unspecified atom stereocenters. The predicted octanol–water partition coefficient (Wildman–Crippen LogP) is 8.91. The van der Waals surface area contributed by atoms with Crippen LogP contribution in [0.15, 0.2) is 12.2 Å². The lowest BCUT2D eigenvalue weighted by molar-refractivity contribution is -0.162. The summed E-state index contributed by atoms with van der Waals surface area (Å²) < 4.78 is 5.84. The predicted molar refractivity (Wildman–Crippen MR) is 144 cm³/mol. The van der Waals surface area contributed by atoms with E-state index in [-0.39, 0.29) is 11.6 Å². The Hall–Kier alpha value is -0.830. The Morgan fingerprint density at radius 3 is 1.73 bits per heavy atom. The van der Waals surface area contributed by atoms with E-state index in [0.717, 1.165) is 38.8 Å². The second-order valence-electron chi connectivity index (χ2n) is 10.9. The minimum absolute atomic E-state index is 0.000411. The third-order valence-electron chi connectivity index (χ3n) is 7.34. The van der Waals surface area contributed by atoms with Crippen molar-refractivity contribution >= 4 is 5.97 Å². The molecule has 0 saturated carbocycles. The molecule has 1 N–H and O–H groups in total. The summed E-state index contributed by atoms with van der Waals surface area (Å²) in [7, 11) is 0. The van der Waals surface area contributed by atoms with Gasteiger partial charge in [-0.1, -0.05) is 96.1 Å². The summed E-state index contributed by atoms with van der Waals surface area (Å²) in [5.41, 5.74) is -0.317. The highest BCUT2D eigenvalue weighted by molar-refractivity contribution is 5.69. The normalized spacial score (nSPS) is 15.4. The Labute approximate surface area is 206 Å². The molecular formula is C30H57NO2. The van der Waals surface area contributed by atoms with Crippen molar-refractivity contribution in [2.75, 3.05) is 13.1 Å². The quantitative estimate of drug-likeness (QED) is 0.105. The average molecular weight is 464 g/mol. The lowest BCUT2D eigenvalue weighted by atomic mass is 9.83. The van der Waals surface area contributed by atoms with Crippen molar-refractivity contribution in [3.63, 3.8) is 0 Å². The van der Waals surface area contributed by atoms with Gasteiger partial charge in [0, 0.05) is 12.3 Å². The fourth-order valence-electron chi connectivity index (χ4n) is 4.99. The first-order valence-electron chi connectivity index (χ1n) is 14.6. The number of esters is 1. The van der Waals surface area contributed by atoms with Crippen LogP contribution in [0.3, 0.4) is 0 Å². The Balaban J connectivity index is 1.83. The monoisotopic (exact) mass is 463 g/mol. The second kappa shape index (κ2) is 20.5. The molecule has 0 aromatic rings. The van der Waals surface area contributed by atoms with Crippen molar-refractivity contribution in [1.82, 2.24) is 5.32 Å². The summed E-state index contributed by atoms with van der Waals surface area (Å²) in [5.74, 6) is 0.489. The molecule has 0 amide bonds. The van der Waals surface area contributed by atoms with Gasteiger partial charge in [-0.15, -0.1) is 0 Å². The van der Waals surface area contributed by atoms with Crippen LogP contribution in [0.25, 0.3) is 0 Å². The SMILES string of the molecule is CCCCCCCC/C=C/CCCCCCCCCCCC(=O)OC(C)(C)C1CCNCC1. The molecule has 1 aliphatic heterocycles. The summed E-state index contributed by atoms with van der Waals surface area (Å²) in [6, 6.07) is 0. The van der Waals surface area contributed by atoms with Crippen LogP contribution in [-0.2, 0) is 9.53 Å². The second-order valence-corrected chi connectivity index (χ2v) is 10.9. The summed E-state index contributed by atoms with van der Waals surface area (Å²) in [5, 5.41) is 3.39. The lowest BCUT2D eigenvalue weighted by Gasteiger charge is -2.36. The van der Waals surface area contributed by atoms with Crippen molar-refractivity contribution in [3.8, 4) is 0 Å². The van der Waals surface area contributed by atoms with Gasteiger partial charge in [0.1, 0.15) is 5.60 Å². The minimum Gasteiger partial charge on any atom is -0.459 e. The smallest absolute Gasteiger partial charge is 0.306 e. The maximum absolute atomic E-state index is 12.2. The highest BCUT2D eigenvalue weighted by Gasteiger charge is 2.33. The Morgan fingerprint density at radius 2 is 1.21 bits per heavy atom. The van der Waals surface area contributed by atoms with E-state index < -0.39 is 0 Å². The van der Waals surface area contributed by atoms with E-state index in [1.807, 2.05) is 0 Å². The number of hydrogen-bond donors (Lipinski definition) is 1. The van der Waals surface area contributed by atoms with E-state index in [9.17, 15) is 4.79 Å². The van der Waals surface area contributed by atoms with E-state index >= 15 is 0 Å². The molecular weight excluding hydrogens is 406 g/mol. The average Bonchev–Trinajstić information content (AvgIpc) is 2.81. The van der Waals surface area contributed by atoms with Crippen LogP contribution in [-0.4, -0.2) is 24.7 Å². The first-order chi connectivity index (χ1) is 16.1. The van der Waals surface area contributed by atoms with Crippen molar-refractivity contribution in [3.05, 3.63) is 12.2 Å². The van der Waals surface area contributed by atoms with Crippen LogP contribution in [0, 0.1) is 5.92 Å². The number of allylic oxidation sites excluding steroid dienone is 2. The molecule has 194 valence electrons. The molecule has 0 aromatic carbocycles. The van der Waals surface area contributed by atoms with E-state index in [2.05, 4.69) is 38.2 Å². The van der Waals surface area contributed by atoms with Gasteiger partial charge in [0.15, 0.2) is 0 Å². The van der Waals surface area contributed by atoms with E-state index in [1.54, 1.807) is 0 Å². The summed E-state index contributed by atoms with van der Waals surface area (Å²) >= 11 is 0. The standard InChI is InChI=1S/C30H57NO2/c1-4-5-6-7-8-9-10-11-12-13-14-15-16-17-18-19-20-21-22-23-29(32)33-30(2,3)28-24-26-31-27-25-28/h11-12,28,31H,4-10,13-27H2,1-3H3/b12-11+. The van der Waals surface area contributed by atoms with Gasteiger partial charge in [0.25, 0.3) is 0 Å². The van der Waals surface area contributed by atoms with Crippen LogP contribution in [0.1, 0.15) is 149 Å². The largest absolute Gasteiger partial charge is 0.459 e. The molecule has 0 aromatic heterocycles. The molecule has 1 heterocycles. The molecule has 0 radical (unpaired) electrons. The number of hydrogen-bond acceptors (Lipinski definition) is 3. The van der Waals surface area contributed by atoms with Gasteiger partial charge in [-0.2, -0.15) is 0 Å². The molecule has 1 saturated heterocycles. The molecule has 33 heavy (non-hydrogen) atoms. The Kier molecular flexibility index (Phi) is 18.8. The van der Waals surface area contributed by atoms with Gasteiger partial charge in [-0.25, -0.2) is 0 Å². The highest BCUT2D eigenvalue weighted by Crippen LogP contribution is 2.29. The zero-order valence-corrected chi connectivity index (χ0v) is 22.6. The molecule has 0 bridgehead atoms. The molecule has 1 fully saturated rings. The van der Waals surface area contributed by atoms with Gasteiger partial charge < -0.3 is 10.1 Å². The van der Waals surface area contributed by atoms with Crippen molar-refractivity contribution in [1.29, 1.82) is 0 Å². The minimum atomic E-state index is -0.317. The molecule has 0 atom stereocenters. The zero-order valence-electron chi connectivity index (χ0n) is 22.6. The van der Waals surface area contributed by atoms with E-state index in [1.165, 1.54) is 96.3 Å². The number of unbranched alkanes of at least 4 members (excludes halogenated alkanes) is 15. The third-order valence-corrected chi connectivity index (χ3v) is 7.34. The number of nitrogens with one attached hydrogen (secondary N) is 1. The number of ether oxygens (including phenoxy) is 1. The number of rotatable bonds is 21. The highest BCUT2D eigenvalue weighted by atomic mass is 16.6. The molecule has 1 rings (SSSR count). The van der Waals surface area contributed by atoms with E-state index in [4.69, 9.17) is 4.74 Å². The maximum atomic E-state index is 12.2. The number of carbonyl (C=O) groups is 1. The Bertz CT molecular complexity index is 480. The zero-order chi connectivity index (χ0) is 24.0. The van der Waals surface area contributed by atoms with Crippen molar-refractivity contribution < 1.29 is 9.53 Å². The number of carbonyl (C=O) groups excluding carboxylic acids is 1. The molecule has 3 heteroatoms. The molecule has 1 aliphatic rings. The fourth-order valence-corrected chi connectivity index (χ4v) is 4.99. The molecule has 0 aliphatic carbocycles. The van der Waals surface area contributed by atoms with Crippen LogP contribution in [0.5, 0.6) is 0 Å². The van der Waals surface area contributed by atoms with Gasteiger partial charge in [-0.05, 0) is 71.9 Å². The first kappa shape index (κ1) is 30.2. The van der Waals surface area contributed by atoms with E-state index in [0.29, 0.717) is 12.3 Å². The summed E-state index contributed by atoms with van der Waals surface area (Å²) in [6.07, 6.45) is 30.1. The molecule has 0 spiro atoms.